The summed E-state index contributed by atoms with van der Waals surface area (Å²) in [7, 11) is 0. The van der Waals surface area contributed by atoms with E-state index in [1.807, 2.05) is 6.26 Å². The predicted molar refractivity (Wildman–Crippen MR) is 47.0 cm³/mol. The highest BCUT2D eigenvalue weighted by atomic mass is 32.2. The minimum absolute atomic E-state index is 0.0869. The maximum absolute atomic E-state index is 11.3. The maximum Gasteiger partial charge on any atom is 0.171 e. The Labute approximate surface area is 71.7 Å². The zero-order valence-corrected chi connectivity index (χ0v) is 7.65. The molecule has 0 saturated carbocycles. The van der Waals surface area contributed by atoms with Crippen LogP contribution in [-0.4, -0.2) is 30.5 Å². The fourth-order valence-electron chi connectivity index (χ4n) is 1.23. The number of ketones is 1. The van der Waals surface area contributed by atoms with Gasteiger partial charge in [-0.3, -0.25) is 4.79 Å². The van der Waals surface area contributed by atoms with Gasteiger partial charge in [0.2, 0.25) is 0 Å². The summed E-state index contributed by atoms with van der Waals surface area (Å²) in [5, 5.41) is 0. The zero-order valence-electron chi connectivity index (χ0n) is 6.84. The lowest BCUT2D eigenvalue weighted by molar-refractivity contribution is -0.130. The van der Waals surface area contributed by atoms with Crippen molar-refractivity contribution >= 4 is 17.5 Å². The SMILES string of the molecule is CSCC(=O)C1CCCCO1. The van der Waals surface area contributed by atoms with Gasteiger partial charge in [0.05, 0.1) is 5.75 Å². The standard InChI is InChI=1S/C8H14O2S/c1-11-6-7(9)8-4-2-3-5-10-8/h8H,2-6H2,1H3. The second-order valence-corrected chi connectivity index (χ2v) is 3.62. The molecule has 0 aromatic heterocycles. The topological polar surface area (TPSA) is 26.3 Å². The summed E-state index contributed by atoms with van der Waals surface area (Å²) in [6.07, 6.45) is 5.05. The largest absolute Gasteiger partial charge is 0.370 e. The van der Waals surface area contributed by atoms with E-state index < -0.39 is 0 Å². The van der Waals surface area contributed by atoms with E-state index in [4.69, 9.17) is 4.74 Å². The van der Waals surface area contributed by atoms with E-state index in [0.717, 1.165) is 25.9 Å². The van der Waals surface area contributed by atoms with Gasteiger partial charge in [-0.1, -0.05) is 0 Å². The Morgan fingerprint density at radius 3 is 3.00 bits per heavy atom. The van der Waals surface area contributed by atoms with Crippen LogP contribution < -0.4 is 0 Å². The van der Waals surface area contributed by atoms with E-state index in [0.29, 0.717) is 5.75 Å². The number of Topliss-reactive ketones (excluding diaryl/α,β-unsaturated/α-hetero) is 1. The number of carbonyl (C=O) groups excluding carboxylic acids is 1. The summed E-state index contributed by atoms with van der Waals surface area (Å²) >= 11 is 1.57. The number of hydrogen-bond acceptors (Lipinski definition) is 3. The van der Waals surface area contributed by atoms with Crippen LogP contribution in [0.3, 0.4) is 0 Å². The van der Waals surface area contributed by atoms with Crippen molar-refractivity contribution < 1.29 is 9.53 Å². The summed E-state index contributed by atoms with van der Waals surface area (Å²) in [5.74, 6) is 0.863. The molecule has 2 nitrogen and oxygen atoms in total. The van der Waals surface area contributed by atoms with Gasteiger partial charge in [-0.15, -0.1) is 0 Å². The average Bonchev–Trinajstić information content (AvgIpc) is 2.07. The number of rotatable bonds is 3. The molecule has 11 heavy (non-hydrogen) atoms. The Morgan fingerprint density at radius 1 is 1.64 bits per heavy atom. The molecule has 1 aliphatic heterocycles. The summed E-state index contributed by atoms with van der Waals surface area (Å²) < 4.78 is 5.33. The molecule has 0 amide bonds. The van der Waals surface area contributed by atoms with Gasteiger partial charge in [0.25, 0.3) is 0 Å². The van der Waals surface area contributed by atoms with Crippen molar-refractivity contribution in [3.63, 3.8) is 0 Å². The molecule has 3 heteroatoms. The first kappa shape index (κ1) is 9.07. The van der Waals surface area contributed by atoms with E-state index >= 15 is 0 Å². The van der Waals surface area contributed by atoms with Gasteiger partial charge in [0, 0.05) is 6.61 Å². The number of carbonyl (C=O) groups is 1. The van der Waals surface area contributed by atoms with Gasteiger partial charge in [0.15, 0.2) is 5.78 Å². The van der Waals surface area contributed by atoms with Crippen molar-refractivity contribution in [2.75, 3.05) is 18.6 Å². The van der Waals surface area contributed by atoms with Crippen molar-refractivity contribution in [3.05, 3.63) is 0 Å². The summed E-state index contributed by atoms with van der Waals surface area (Å²) in [6.45, 7) is 0.769. The minimum Gasteiger partial charge on any atom is -0.370 e. The Morgan fingerprint density at radius 2 is 2.45 bits per heavy atom. The van der Waals surface area contributed by atoms with Gasteiger partial charge in [-0.05, 0) is 25.5 Å². The van der Waals surface area contributed by atoms with Crippen molar-refractivity contribution in [3.8, 4) is 0 Å². The average molecular weight is 174 g/mol. The maximum atomic E-state index is 11.3. The Bertz CT molecular complexity index is 130. The molecule has 0 aliphatic carbocycles. The first-order chi connectivity index (χ1) is 5.34. The minimum atomic E-state index is -0.0869. The van der Waals surface area contributed by atoms with Crippen LogP contribution in [0.25, 0.3) is 0 Å². The lowest BCUT2D eigenvalue weighted by Crippen LogP contribution is -2.29. The summed E-state index contributed by atoms with van der Waals surface area (Å²) in [6, 6.07) is 0. The molecule has 1 fully saturated rings. The van der Waals surface area contributed by atoms with Crippen LogP contribution in [-0.2, 0) is 9.53 Å². The molecule has 1 heterocycles. The van der Waals surface area contributed by atoms with Crippen LogP contribution in [0.5, 0.6) is 0 Å². The molecule has 1 aliphatic rings. The van der Waals surface area contributed by atoms with Crippen LogP contribution in [0.4, 0.5) is 0 Å². The fourth-order valence-corrected chi connectivity index (χ4v) is 1.70. The second kappa shape index (κ2) is 4.78. The van der Waals surface area contributed by atoms with Gasteiger partial charge >= 0.3 is 0 Å². The fraction of sp³-hybridized carbons (Fsp3) is 0.875. The third-order valence-electron chi connectivity index (χ3n) is 1.83. The van der Waals surface area contributed by atoms with Gasteiger partial charge in [0.1, 0.15) is 6.10 Å². The number of thioether (sulfide) groups is 1. The first-order valence-electron chi connectivity index (χ1n) is 3.98. The smallest absolute Gasteiger partial charge is 0.171 e. The van der Waals surface area contributed by atoms with Crippen LogP contribution in [0.2, 0.25) is 0 Å². The van der Waals surface area contributed by atoms with Crippen molar-refractivity contribution in [1.82, 2.24) is 0 Å². The highest BCUT2D eigenvalue weighted by Crippen LogP contribution is 2.14. The van der Waals surface area contributed by atoms with E-state index in [1.54, 1.807) is 11.8 Å². The molecule has 0 aromatic carbocycles. The van der Waals surface area contributed by atoms with E-state index in [-0.39, 0.29) is 11.9 Å². The van der Waals surface area contributed by atoms with Gasteiger partial charge in [-0.25, -0.2) is 0 Å². The number of ether oxygens (including phenoxy) is 1. The highest BCUT2D eigenvalue weighted by molar-refractivity contribution is 7.99. The molecule has 1 rings (SSSR count). The third kappa shape index (κ3) is 2.83. The van der Waals surface area contributed by atoms with Crippen LogP contribution in [0, 0.1) is 0 Å². The molecule has 1 atom stereocenters. The molecule has 1 saturated heterocycles. The monoisotopic (exact) mass is 174 g/mol. The van der Waals surface area contributed by atoms with Crippen molar-refractivity contribution in [1.29, 1.82) is 0 Å². The molecule has 64 valence electrons. The molecule has 0 spiro atoms. The molecule has 0 aromatic rings. The Kier molecular flexibility index (Phi) is 3.94. The molecular weight excluding hydrogens is 160 g/mol. The lowest BCUT2D eigenvalue weighted by Gasteiger charge is -2.20. The van der Waals surface area contributed by atoms with Crippen LogP contribution in [0.15, 0.2) is 0 Å². The van der Waals surface area contributed by atoms with E-state index in [1.165, 1.54) is 0 Å². The van der Waals surface area contributed by atoms with E-state index in [9.17, 15) is 4.79 Å². The van der Waals surface area contributed by atoms with E-state index in [2.05, 4.69) is 0 Å². The second-order valence-electron chi connectivity index (χ2n) is 2.75. The lowest BCUT2D eigenvalue weighted by atomic mass is 10.1. The molecule has 0 radical (unpaired) electrons. The zero-order chi connectivity index (χ0) is 8.10. The van der Waals surface area contributed by atoms with Crippen molar-refractivity contribution in [2.24, 2.45) is 0 Å². The van der Waals surface area contributed by atoms with Crippen molar-refractivity contribution in [2.45, 2.75) is 25.4 Å². The molecule has 0 N–H and O–H groups in total. The Hall–Kier alpha value is -0.0200. The van der Waals surface area contributed by atoms with Crippen LogP contribution in [0.1, 0.15) is 19.3 Å². The normalized spacial score (nSPS) is 25.0. The summed E-state index contributed by atoms with van der Waals surface area (Å²) in [4.78, 5) is 11.3. The predicted octanol–water partition coefficient (Wildman–Crippen LogP) is 1.49. The molecular formula is C8H14O2S. The van der Waals surface area contributed by atoms with Crippen LogP contribution >= 0.6 is 11.8 Å². The highest BCUT2D eigenvalue weighted by Gasteiger charge is 2.20. The first-order valence-corrected chi connectivity index (χ1v) is 5.37. The molecule has 0 bridgehead atoms. The van der Waals surface area contributed by atoms with Gasteiger partial charge in [-0.2, -0.15) is 11.8 Å². The molecule has 1 unspecified atom stereocenters. The quantitative estimate of drug-likeness (QED) is 0.648. The summed E-state index contributed by atoms with van der Waals surface area (Å²) in [5.41, 5.74) is 0. The number of hydrogen-bond donors (Lipinski definition) is 0. The van der Waals surface area contributed by atoms with Gasteiger partial charge < -0.3 is 4.74 Å². The third-order valence-corrected chi connectivity index (χ3v) is 2.40. The Balaban J connectivity index is 2.27.